The van der Waals surface area contributed by atoms with Crippen LogP contribution in [0.5, 0.6) is 0 Å². The van der Waals surface area contributed by atoms with Gasteiger partial charge in [0.1, 0.15) is 5.76 Å². The molecule has 0 aliphatic carbocycles. The summed E-state index contributed by atoms with van der Waals surface area (Å²) in [6, 6.07) is 3.66. The van der Waals surface area contributed by atoms with Gasteiger partial charge in [0.2, 0.25) is 5.91 Å². The van der Waals surface area contributed by atoms with E-state index in [1.165, 1.54) is 0 Å². The van der Waals surface area contributed by atoms with Gasteiger partial charge in [-0.3, -0.25) is 4.79 Å². The third kappa shape index (κ3) is 5.37. The van der Waals surface area contributed by atoms with Gasteiger partial charge in [-0.1, -0.05) is 0 Å². The van der Waals surface area contributed by atoms with Gasteiger partial charge in [-0.05, 0) is 41.9 Å². The zero-order valence-corrected chi connectivity index (χ0v) is 12.0. The van der Waals surface area contributed by atoms with E-state index in [9.17, 15) is 4.79 Å². The molecule has 0 saturated heterocycles. The SMILES string of the molecule is CC(C)OCCC(=O)N(C)Cc1ccc(Br)o1. The molecule has 0 saturated carbocycles. The van der Waals surface area contributed by atoms with E-state index in [2.05, 4.69) is 15.9 Å². The number of amides is 1. The second-order valence-corrected chi connectivity index (χ2v) is 4.91. The Labute approximate surface area is 110 Å². The quantitative estimate of drug-likeness (QED) is 0.811. The molecule has 0 spiro atoms. The Hall–Kier alpha value is -0.810. The first-order valence-electron chi connectivity index (χ1n) is 5.59. The Morgan fingerprint density at radius 2 is 2.24 bits per heavy atom. The summed E-state index contributed by atoms with van der Waals surface area (Å²) in [5, 5.41) is 0. The van der Waals surface area contributed by atoms with Gasteiger partial charge >= 0.3 is 0 Å². The van der Waals surface area contributed by atoms with E-state index >= 15 is 0 Å². The fraction of sp³-hybridized carbons (Fsp3) is 0.583. The van der Waals surface area contributed by atoms with Gasteiger partial charge in [-0.15, -0.1) is 0 Å². The van der Waals surface area contributed by atoms with E-state index in [0.717, 1.165) is 5.76 Å². The molecule has 0 fully saturated rings. The topological polar surface area (TPSA) is 42.7 Å². The van der Waals surface area contributed by atoms with Crippen molar-refractivity contribution in [1.29, 1.82) is 0 Å². The molecule has 0 N–H and O–H groups in total. The zero-order valence-electron chi connectivity index (χ0n) is 10.4. The summed E-state index contributed by atoms with van der Waals surface area (Å²) in [5.74, 6) is 0.815. The fourth-order valence-corrected chi connectivity index (χ4v) is 1.67. The molecule has 0 aliphatic rings. The third-order valence-electron chi connectivity index (χ3n) is 2.21. The lowest BCUT2D eigenvalue weighted by Crippen LogP contribution is -2.27. The predicted octanol–water partition coefficient (Wildman–Crippen LogP) is 2.82. The summed E-state index contributed by atoms with van der Waals surface area (Å²) in [7, 11) is 1.76. The summed E-state index contributed by atoms with van der Waals surface area (Å²) in [6.07, 6.45) is 0.561. The van der Waals surface area contributed by atoms with Crippen LogP contribution in [0.4, 0.5) is 0 Å². The largest absolute Gasteiger partial charge is 0.452 e. The maximum atomic E-state index is 11.7. The van der Waals surface area contributed by atoms with E-state index in [1.54, 1.807) is 11.9 Å². The van der Waals surface area contributed by atoms with Crippen LogP contribution in [-0.4, -0.2) is 30.6 Å². The number of halogens is 1. The van der Waals surface area contributed by atoms with Crippen LogP contribution in [0.25, 0.3) is 0 Å². The highest BCUT2D eigenvalue weighted by molar-refractivity contribution is 9.10. The van der Waals surface area contributed by atoms with Crippen LogP contribution in [0.3, 0.4) is 0 Å². The van der Waals surface area contributed by atoms with Gasteiger partial charge in [0, 0.05) is 7.05 Å². The van der Waals surface area contributed by atoms with Crippen molar-refractivity contribution in [2.75, 3.05) is 13.7 Å². The Morgan fingerprint density at radius 1 is 1.53 bits per heavy atom. The highest BCUT2D eigenvalue weighted by atomic mass is 79.9. The summed E-state index contributed by atoms with van der Waals surface area (Å²) < 4.78 is 11.4. The van der Waals surface area contributed by atoms with Crippen molar-refractivity contribution in [1.82, 2.24) is 4.90 Å². The lowest BCUT2D eigenvalue weighted by atomic mass is 10.3. The molecule has 0 unspecified atom stereocenters. The molecule has 5 heteroatoms. The van der Waals surface area contributed by atoms with Crippen LogP contribution in [0.2, 0.25) is 0 Å². The minimum absolute atomic E-state index is 0.0539. The molecule has 0 aliphatic heterocycles. The third-order valence-corrected chi connectivity index (χ3v) is 2.64. The van der Waals surface area contributed by atoms with Crippen LogP contribution < -0.4 is 0 Å². The smallest absolute Gasteiger partial charge is 0.225 e. The van der Waals surface area contributed by atoms with Gasteiger partial charge in [0.15, 0.2) is 4.67 Å². The molecule has 0 aromatic carbocycles. The summed E-state index contributed by atoms with van der Waals surface area (Å²) in [6.45, 7) is 4.85. The maximum absolute atomic E-state index is 11.7. The van der Waals surface area contributed by atoms with Crippen molar-refractivity contribution in [2.24, 2.45) is 0 Å². The fourth-order valence-electron chi connectivity index (χ4n) is 1.33. The number of hydrogen-bond acceptors (Lipinski definition) is 3. The normalized spacial score (nSPS) is 10.9. The van der Waals surface area contributed by atoms with Crippen molar-refractivity contribution >= 4 is 21.8 Å². The molecule has 96 valence electrons. The van der Waals surface area contributed by atoms with E-state index in [1.807, 2.05) is 26.0 Å². The lowest BCUT2D eigenvalue weighted by molar-refractivity contribution is -0.132. The van der Waals surface area contributed by atoms with Crippen molar-refractivity contribution in [3.05, 3.63) is 22.6 Å². The number of ether oxygens (including phenoxy) is 1. The standard InChI is InChI=1S/C12H18BrNO3/c1-9(2)16-7-6-12(15)14(3)8-10-4-5-11(13)17-10/h4-5,9H,6-8H2,1-3H3. The molecule has 1 aromatic heterocycles. The molecule has 4 nitrogen and oxygen atoms in total. The van der Waals surface area contributed by atoms with E-state index in [-0.39, 0.29) is 12.0 Å². The van der Waals surface area contributed by atoms with Gasteiger partial charge in [0.25, 0.3) is 0 Å². The van der Waals surface area contributed by atoms with Crippen LogP contribution in [0.15, 0.2) is 21.2 Å². The molecule has 1 heterocycles. The van der Waals surface area contributed by atoms with Crippen molar-refractivity contribution in [2.45, 2.75) is 32.9 Å². The van der Waals surface area contributed by atoms with Gasteiger partial charge < -0.3 is 14.1 Å². The zero-order chi connectivity index (χ0) is 12.8. The minimum Gasteiger partial charge on any atom is -0.452 e. The van der Waals surface area contributed by atoms with Crippen molar-refractivity contribution < 1.29 is 13.9 Å². The summed E-state index contributed by atoms with van der Waals surface area (Å²) >= 11 is 3.23. The van der Waals surface area contributed by atoms with Gasteiger partial charge in [0.05, 0.1) is 25.7 Å². The minimum atomic E-state index is 0.0539. The molecule has 0 atom stereocenters. The van der Waals surface area contributed by atoms with Gasteiger partial charge in [-0.25, -0.2) is 0 Å². The second kappa shape index (κ2) is 6.81. The van der Waals surface area contributed by atoms with Crippen LogP contribution in [-0.2, 0) is 16.1 Å². The highest BCUT2D eigenvalue weighted by Crippen LogP contribution is 2.15. The lowest BCUT2D eigenvalue weighted by Gasteiger charge is -2.16. The molecular formula is C12H18BrNO3. The average Bonchev–Trinajstić information content (AvgIpc) is 2.63. The predicted molar refractivity (Wildman–Crippen MR) is 68.6 cm³/mol. The maximum Gasteiger partial charge on any atom is 0.225 e. The number of carbonyl (C=O) groups excluding carboxylic acids is 1. The molecular weight excluding hydrogens is 286 g/mol. The van der Waals surface area contributed by atoms with Crippen molar-refractivity contribution in [3.63, 3.8) is 0 Å². The molecule has 0 radical (unpaired) electrons. The Kier molecular flexibility index (Phi) is 5.71. The molecule has 0 bridgehead atoms. The molecule has 1 amide bonds. The number of nitrogens with zero attached hydrogens (tertiary/aromatic N) is 1. The van der Waals surface area contributed by atoms with Gasteiger partial charge in [-0.2, -0.15) is 0 Å². The van der Waals surface area contributed by atoms with Crippen LogP contribution >= 0.6 is 15.9 Å². The summed E-state index contributed by atoms with van der Waals surface area (Å²) in [4.78, 5) is 13.4. The monoisotopic (exact) mass is 303 g/mol. The first-order valence-corrected chi connectivity index (χ1v) is 6.38. The first kappa shape index (κ1) is 14.3. The first-order chi connectivity index (χ1) is 7.99. The molecule has 1 rings (SSSR count). The van der Waals surface area contributed by atoms with E-state index in [0.29, 0.717) is 24.2 Å². The van der Waals surface area contributed by atoms with Crippen LogP contribution in [0.1, 0.15) is 26.0 Å². The molecule has 1 aromatic rings. The average molecular weight is 304 g/mol. The Balaban J connectivity index is 2.31. The number of furan rings is 1. The highest BCUT2D eigenvalue weighted by Gasteiger charge is 2.11. The summed E-state index contributed by atoms with van der Waals surface area (Å²) in [5.41, 5.74) is 0. The van der Waals surface area contributed by atoms with Crippen molar-refractivity contribution in [3.8, 4) is 0 Å². The molecule has 17 heavy (non-hydrogen) atoms. The Morgan fingerprint density at radius 3 is 2.76 bits per heavy atom. The second-order valence-electron chi connectivity index (χ2n) is 4.13. The Bertz CT molecular complexity index is 362. The number of carbonyl (C=O) groups is 1. The van der Waals surface area contributed by atoms with E-state index in [4.69, 9.17) is 9.15 Å². The van der Waals surface area contributed by atoms with Crippen LogP contribution in [0, 0.1) is 0 Å². The van der Waals surface area contributed by atoms with E-state index < -0.39 is 0 Å². The number of hydrogen-bond donors (Lipinski definition) is 0. The number of rotatable bonds is 6.